The number of anilines is 1. The third kappa shape index (κ3) is 5.50. The van der Waals surface area contributed by atoms with Crippen LogP contribution in [0.2, 0.25) is 0 Å². The first-order valence-corrected chi connectivity index (χ1v) is 14.2. The molecule has 2 aromatic heterocycles. The summed E-state index contributed by atoms with van der Waals surface area (Å²) in [7, 11) is 1.46. The van der Waals surface area contributed by atoms with Gasteiger partial charge in [0.1, 0.15) is 5.60 Å². The minimum atomic E-state index is -4.50. The van der Waals surface area contributed by atoms with Gasteiger partial charge in [-0.25, -0.2) is 9.48 Å². The summed E-state index contributed by atoms with van der Waals surface area (Å²) in [5.74, 6) is 0.258. The summed E-state index contributed by atoms with van der Waals surface area (Å²) in [5.41, 5.74) is -1.56. The second-order valence-electron chi connectivity index (χ2n) is 12.3. The van der Waals surface area contributed by atoms with Gasteiger partial charge in [0.15, 0.2) is 5.82 Å². The second-order valence-corrected chi connectivity index (χ2v) is 12.3. The maximum absolute atomic E-state index is 14.0. The van der Waals surface area contributed by atoms with Crippen molar-refractivity contribution in [2.24, 2.45) is 7.05 Å². The number of ether oxygens (including phenoxy) is 1. The number of alkyl halides is 3. The number of aryl methyl sites for hydroxylation is 1. The molecule has 1 aromatic carbocycles. The predicted octanol–water partition coefficient (Wildman–Crippen LogP) is 6.00. The molecule has 2 atom stereocenters. The maximum Gasteiger partial charge on any atom is 0.416 e. The molecular weight excluding hydrogens is 551 g/mol. The summed E-state index contributed by atoms with van der Waals surface area (Å²) in [6.07, 6.45) is -0.736. The van der Waals surface area contributed by atoms with Gasteiger partial charge in [-0.05, 0) is 77.5 Å². The van der Waals surface area contributed by atoms with Crippen molar-refractivity contribution in [1.82, 2.24) is 19.2 Å². The number of carbonyl (C=O) groups is 1. The van der Waals surface area contributed by atoms with Crippen molar-refractivity contribution in [2.45, 2.75) is 90.2 Å². The van der Waals surface area contributed by atoms with Crippen LogP contribution in [0.1, 0.15) is 93.8 Å². The highest BCUT2D eigenvalue weighted by molar-refractivity contribution is 5.93. The highest BCUT2D eigenvalue weighted by atomic mass is 19.4. The van der Waals surface area contributed by atoms with Gasteiger partial charge in [-0.3, -0.25) is 9.59 Å². The van der Waals surface area contributed by atoms with E-state index in [1.807, 2.05) is 0 Å². The Kier molecular flexibility index (Phi) is 7.39. The number of fused-ring (bicyclic) bond motifs is 1. The lowest BCUT2D eigenvalue weighted by Gasteiger charge is -2.29. The molecule has 1 saturated carbocycles. The van der Waals surface area contributed by atoms with Gasteiger partial charge >= 0.3 is 12.3 Å². The van der Waals surface area contributed by atoms with E-state index in [0.29, 0.717) is 30.3 Å². The van der Waals surface area contributed by atoms with Gasteiger partial charge in [-0.2, -0.15) is 18.3 Å². The topological polar surface area (TPSA) is 98.5 Å². The number of hydrogen-bond acceptors (Lipinski definition) is 6. The van der Waals surface area contributed by atoms with E-state index in [9.17, 15) is 27.6 Å². The van der Waals surface area contributed by atoms with Crippen LogP contribution in [0.15, 0.2) is 34.0 Å². The third-order valence-electron chi connectivity index (χ3n) is 7.94. The number of amides is 1. The molecule has 2 aliphatic rings. The fraction of sp³-hybridized carbons (Fsp3) is 0.533. The van der Waals surface area contributed by atoms with Gasteiger partial charge in [0.25, 0.3) is 11.1 Å². The summed E-state index contributed by atoms with van der Waals surface area (Å²) < 4.78 is 49.2. The molecule has 226 valence electrons. The highest BCUT2D eigenvalue weighted by Gasteiger charge is 2.39. The monoisotopic (exact) mass is 587 g/mol. The Labute approximate surface area is 241 Å². The van der Waals surface area contributed by atoms with Gasteiger partial charge in [0.2, 0.25) is 0 Å². The van der Waals surface area contributed by atoms with E-state index < -0.39 is 41.1 Å². The van der Waals surface area contributed by atoms with E-state index in [4.69, 9.17) is 4.74 Å². The van der Waals surface area contributed by atoms with Crippen LogP contribution in [0, 0.1) is 6.92 Å². The Balaban J connectivity index is 1.67. The molecule has 3 heterocycles. The number of benzene rings is 1. The average Bonchev–Trinajstić information content (AvgIpc) is 3.60. The highest BCUT2D eigenvalue weighted by Crippen LogP contribution is 2.40. The summed E-state index contributed by atoms with van der Waals surface area (Å²) in [6, 6.07) is 2.70. The normalized spacial score (nSPS) is 18.4. The maximum atomic E-state index is 14.0. The molecule has 0 radical (unpaired) electrons. The Hall–Kier alpha value is -3.83. The van der Waals surface area contributed by atoms with Crippen LogP contribution in [0.5, 0.6) is 0 Å². The predicted molar refractivity (Wildman–Crippen MR) is 153 cm³/mol. The van der Waals surface area contributed by atoms with Gasteiger partial charge in [0, 0.05) is 31.2 Å². The zero-order valence-electron chi connectivity index (χ0n) is 24.6. The van der Waals surface area contributed by atoms with Crippen molar-refractivity contribution < 1.29 is 22.7 Å². The number of nitrogens with zero attached hydrogens (tertiary/aromatic N) is 4. The van der Waals surface area contributed by atoms with Crippen molar-refractivity contribution in [2.75, 3.05) is 11.9 Å². The van der Waals surface area contributed by atoms with Crippen LogP contribution in [-0.4, -0.2) is 37.5 Å². The lowest BCUT2D eigenvalue weighted by atomic mass is 9.97. The number of likely N-dealkylation sites (tertiary alicyclic amines) is 1. The molecule has 1 N–H and O–H groups in total. The van der Waals surface area contributed by atoms with E-state index in [1.165, 1.54) is 24.9 Å². The second kappa shape index (κ2) is 10.5. The molecule has 42 heavy (non-hydrogen) atoms. The van der Waals surface area contributed by atoms with Crippen molar-refractivity contribution >= 4 is 22.7 Å². The number of carbonyl (C=O) groups excluding carboxylic acids is 1. The minimum absolute atomic E-state index is 0.0444. The molecule has 1 saturated heterocycles. The van der Waals surface area contributed by atoms with Crippen LogP contribution in [0.25, 0.3) is 10.8 Å². The van der Waals surface area contributed by atoms with Crippen molar-refractivity contribution in [1.29, 1.82) is 0 Å². The number of hydrogen-bond donors (Lipinski definition) is 1. The van der Waals surface area contributed by atoms with Crippen LogP contribution in [-0.2, 0) is 18.0 Å². The molecule has 12 heteroatoms. The van der Waals surface area contributed by atoms with Crippen LogP contribution < -0.4 is 16.4 Å². The van der Waals surface area contributed by atoms with E-state index in [0.717, 1.165) is 23.6 Å². The molecule has 0 bridgehead atoms. The van der Waals surface area contributed by atoms with Gasteiger partial charge in [0.05, 0.1) is 28.6 Å². The number of halogens is 3. The zero-order chi connectivity index (χ0) is 30.7. The van der Waals surface area contributed by atoms with Gasteiger partial charge < -0.3 is 19.5 Å². The first-order valence-electron chi connectivity index (χ1n) is 14.2. The summed E-state index contributed by atoms with van der Waals surface area (Å²) in [5, 5.41) is 8.18. The first-order chi connectivity index (χ1) is 19.6. The quantitative estimate of drug-likeness (QED) is 0.393. The van der Waals surface area contributed by atoms with Crippen molar-refractivity contribution in [3.63, 3.8) is 0 Å². The molecule has 3 aromatic rings. The Bertz CT molecular complexity index is 1670. The van der Waals surface area contributed by atoms with E-state index in [2.05, 4.69) is 10.4 Å². The molecule has 9 nitrogen and oxygen atoms in total. The molecule has 1 unspecified atom stereocenters. The molecule has 1 amide bonds. The number of aromatic nitrogens is 3. The lowest BCUT2D eigenvalue weighted by Crippen LogP contribution is -2.39. The summed E-state index contributed by atoms with van der Waals surface area (Å²) in [6.45, 7) is 8.82. The SMILES string of the molecule is Cc1c([C@@H](C)Nc2nn(C)c(=O)c3c(C4CCCN4C(=O)OC(C)(C)C)c(=O)n(C4CC4)cc23)cccc1C(F)(F)F. The average molecular weight is 588 g/mol. The summed E-state index contributed by atoms with van der Waals surface area (Å²) >= 11 is 0. The molecule has 1 aliphatic heterocycles. The van der Waals surface area contributed by atoms with Gasteiger partial charge in [-0.15, -0.1) is 0 Å². The van der Waals surface area contributed by atoms with E-state index >= 15 is 0 Å². The van der Waals surface area contributed by atoms with Crippen LogP contribution in [0.3, 0.4) is 0 Å². The third-order valence-corrected chi connectivity index (χ3v) is 7.94. The van der Waals surface area contributed by atoms with Crippen LogP contribution in [0.4, 0.5) is 23.8 Å². The minimum Gasteiger partial charge on any atom is -0.444 e. The number of rotatable bonds is 5. The Morgan fingerprint density at radius 2 is 1.81 bits per heavy atom. The van der Waals surface area contributed by atoms with E-state index in [-0.39, 0.29) is 33.9 Å². The Morgan fingerprint density at radius 1 is 1.12 bits per heavy atom. The standard InChI is InChI=1S/C30H36F3N5O4/c1-16-19(9-7-10-21(16)30(31,32)33)17(2)34-25-20-15-38(18-12-13-18)27(40)24(23(20)26(39)36(6)35-25)22-11-8-14-37(22)28(41)42-29(3,4)5/h7,9-10,15,17-18,22H,8,11-14H2,1-6H3,(H,34,35)/t17-,22?/m1/s1. The molecule has 5 rings (SSSR count). The number of nitrogens with one attached hydrogen (secondary N) is 1. The summed E-state index contributed by atoms with van der Waals surface area (Å²) in [4.78, 5) is 42.3. The van der Waals surface area contributed by atoms with Gasteiger partial charge in [-0.1, -0.05) is 12.1 Å². The Morgan fingerprint density at radius 3 is 2.43 bits per heavy atom. The largest absolute Gasteiger partial charge is 0.444 e. The lowest BCUT2D eigenvalue weighted by molar-refractivity contribution is -0.138. The fourth-order valence-corrected chi connectivity index (χ4v) is 5.83. The molecule has 0 spiro atoms. The molecule has 1 aliphatic carbocycles. The van der Waals surface area contributed by atoms with Crippen LogP contribution >= 0.6 is 0 Å². The van der Waals surface area contributed by atoms with E-state index in [1.54, 1.807) is 44.5 Å². The molecular formula is C30H36F3N5O4. The first kappa shape index (κ1) is 29.7. The molecule has 2 fully saturated rings. The van der Waals surface area contributed by atoms with Crippen molar-refractivity contribution in [3.05, 3.63) is 67.4 Å². The zero-order valence-corrected chi connectivity index (χ0v) is 24.6. The smallest absolute Gasteiger partial charge is 0.416 e. The number of pyridine rings is 1. The van der Waals surface area contributed by atoms with Crippen molar-refractivity contribution in [3.8, 4) is 0 Å². The fourth-order valence-electron chi connectivity index (χ4n) is 5.83.